The van der Waals surface area contributed by atoms with Crippen LogP contribution in [-0.2, 0) is 4.79 Å². The minimum atomic E-state index is 0.187. The van der Waals surface area contributed by atoms with Gasteiger partial charge in [-0.1, -0.05) is 33.6 Å². The molecule has 0 bridgehead atoms. The molecule has 0 heterocycles. The standard InChI is InChI=1S/C14H28N2O/c1-4-16(5-2)11-14(17)15-10-13-8-6-12(3)7-9-13/h12-13H,4-11H2,1-3H3,(H,15,17)/t12-,13-. The molecule has 1 N–H and O–H groups in total. The number of nitrogens with one attached hydrogen (secondary N) is 1. The van der Waals surface area contributed by atoms with E-state index in [1.807, 2.05) is 0 Å². The van der Waals surface area contributed by atoms with Crippen molar-refractivity contribution in [2.45, 2.75) is 46.5 Å². The Morgan fingerprint density at radius 3 is 2.29 bits per heavy atom. The molecule has 17 heavy (non-hydrogen) atoms. The molecule has 1 saturated carbocycles. The lowest BCUT2D eigenvalue weighted by molar-refractivity contribution is -0.122. The minimum Gasteiger partial charge on any atom is -0.355 e. The van der Waals surface area contributed by atoms with Gasteiger partial charge >= 0.3 is 0 Å². The second kappa shape index (κ2) is 7.70. The zero-order chi connectivity index (χ0) is 12.7. The Hall–Kier alpha value is -0.570. The van der Waals surface area contributed by atoms with Crippen LogP contribution in [0, 0.1) is 11.8 Å². The second-order valence-electron chi connectivity index (χ2n) is 5.39. The normalized spacial score (nSPS) is 24.9. The SMILES string of the molecule is CCN(CC)CC(=O)NC[C@H]1CC[C@H](C)CC1. The third kappa shape index (κ3) is 5.53. The quantitative estimate of drug-likeness (QED) is 0.772. The molecule has 0 aromatic rings. The highest BCUT2D eigenvalue weighted by Crippen LogP contribution is 2.27. The Bertz CT molecular complexity index is 218. The maximum atomic E-state index is 11.7. The van der Waals surface area contributed by atoms with Crippen LogP contribution in [0.15, 0.2) is 0 Å². The highest BCUT2D eigenvalue weighted by molar-refractivity contribution is 5.77. The summed E-state index contributed by atoms with van der Waals surface area (Å²) in [5, 5.41) is 3.09. The fraction of sp³-hybridized carbons (Fsp3) is 0.929. The lowest BCUT2D eigenvalue weighted by atomic mass is 9.83. The highest BCUT2D eigenvalue weighted by Gasteiger charge is 2.18. The molecule has 0 aromatic carbocycles. The molecule has 3 nitrogen and oxygen atoms in total. The van der Waals surface area contributed by atoms with Crippen molar-refractivity contribution in [3.63, 3.8) is 0 Å². The van der Waals surface area contributed by atoms with Crippen LogP contribution in [-0.4, -0.2) is 37.0 Å². The molecule has 100 valence electrons. The molecule has 0 atom stereocenters. The van der Waals surface area contributed by atoms with E-state index >= 15 is 0 Å². The molecule has 1 aliphatic carbocycles. The first-order valence-corrected chi connectivity index (χ1v) is 7.14. The van der Waals surface area contributed by atoms with E-state index in [2.05, 4.69) is 31.0 Å². The number of carbonyl (C=O) groups excluding carboxylic acids is 1. The number of likely N-dealkylation sites (N-methyl/N-ethyl adjacent to an activating group) is 1. The van der Waals surface area contributed by atoms with Crippen LogP contribution in [0.2, 0.25) is 0 Å². The molecule has 0 aromatic heterocycles. The first kappa shape index (κ1) is 14.5. The zero-order valence-electron chi connectivity index (χ0n) is 11.7. The first-order valence-electron chi connectivity index (χ1n) is 7.14. The van der Waals surface area contributed by atoms with Crippen molar-refractivity contribution < 1.29 is 4.79 Å². The molecule has 1 amide bonds. The average molecular weight is 240 g/mol. The van der Waals surface area contributed by atoms with Crippen LogP contribution < -0.4 is 5.32 Å². The molecule has 1 rings (SSSR count). The van der Waals surface area contributed by atoms with Gasteiger partial charge in [0, 0.05) is 6.54 Å². The number of hydrogen-bond donors (Lipinski definition) is 1. The molecule has 0 spiro atoms. The lowest BCUT2D eigenvalue weighted by Crippen LogP contribution is -2.39. The van der Waals surface area contributed by atoms with E-state index in [0.717, 1.165) is 25.6 Å². The Morgan fingerprint density at radius 1 is 1.18 bits per heavy atom. The molecule has 1 aliphatic rings. The van der Waals surface area contributed by atoms with Crippen molar-refractivity contribution in [1.82, 2.24) is 10.2 Å². The van der Waals surface area contributed by atoms with Gasteiger partial charge in [-0.15, -0.1) is 0 Å². The van der Waals surface area contributed by atoms with Crippen LogP contribution in [0.25, 0.3) is 0 Å². The molecule has 1 fully saturated rings. The third-order valence-corrected chi connectivity index (χ3v) is 3.98. The predicted molar refractivity (Wildman–Crippen MR) is 71.9 cm³/mol. The average Bonchev–Trinajstić information content (AvgIpc) is 2.35. The maximum absolute atomic E-state index is 11.7. The van der Waals surface area contributed by atoms with Gasteiger partial charge in [0.2, 0.25) is 5.91 Å². The van der Waals surface area contributed by atoms with E-state index in [1.165, 1.54) is 25.7 Å². The van der Waals surface area contributed by atoms with Gasteiger partial charge in [-0.2, -0.15) is 0 Å². The zero-order valence-corrected chi connectivity index (χ0v) is 11.7. The summed E-state index contributed by atoms with van der Waals surface area (Å²) in [6.45, 7) is 9.85. The molecule has 3 heteroatoms. The topological polar surface area (TPSA) is 32.3 Å². The molecular weight excluding hydrogens is 212 g/mol. The summed E-state index contributed by atoms with van der Waals surface area (Å²) < 4.78 is 0. The van der Waals surface area contributed by atoms with Crippen molar-refractivity contribution in [2.24, 2.45) is 11.8 Å². The smallest absolute Gasteiger partial charge is 0.234 e. The number of amides is 1. The first-order chi connectivity index (χ1) is 8.15. The fourth-order valence-electron chi connectivity index (χ4n) is 2.50. The summed E-state index contributed by atoms with van der Waals surface area (Å²) in [6.07, 6.45) is 5.23. The summed E-state index contributed by atoms with van der Waals surface area (Å²) in [7, 11) is 0. The Kier molecular flexibility index (Phi) is 6.56. The summed E-state index contributed by atoms with van der Waals surface area (Å²) in [5.74, 6) is 1.79. The third-order valence-electron chi connectivity index (χ3n) is 3.98. The number of hydrogen-bond acceptors (Lipinski definition) is 2. The molecular formula is C14H28N2O. The lowest BCUT2D eigenvalue weighted by Gasteiger charge is -2.26. The van der Waals surface area contributed by atoms with E-state index < -0.39 is 0 Å². The van der Waals surface area contributed by atoms with E-state index in [4.69, 9.17) is 0 Å². The number of carbonyl (C=O) groups is 1. The molecule has 0 radical (unpaired) electrons. The van der Waals surface area contributed by atoms with Gasteiger partial charge in [0.15, 0.2) is 0 Å². The molecule has 0 saturated heterocycles. The largest absolute Gasteiger partial charge is 0.355 e. The highest BCUT2D eigenvalue weighted by atomic mass is 16.2. The Balaban J connectivity index is 2.15. The van der Waals surface area contributed by atoms with Gasteiger partial charge in [0.1, 0.15) is 0 Å². The second-order valence-corrected chi connectivity index (χ2v) is 5.39. The van der Waals surface area contributed by atoms with Crippen molar-refractivity contribution in [3.05, 3.63) is 0 Å². The fourth-order valence-corrected chi connectivity index (χ4v) is 2.50. The van der Waals surface area contributed by atoms with Gasteiger partial charge in [-0.05, 0) is 37.8 Å². The van der Waals surface area contributed by atoms with Gasteiger partial charge in [0.25, 0.3) is 0 Å². The van der Waals surface area contributed by atoms with Crippen LogP contribution >= 0.6 is 0 Å². The van der Waals surface area contributed by atoms with E-state index in [9.17, 15) is 4.79 Å². The van der Waals surface area contributed by atoms with Crippen molar-refractivity contribution >= 4 is 5.91 Å². The number of rotatable bonds is 6. The Labute approximate surface area is 106 Å². The van der Waals surface area contributed by atoms with Crippen LogP contribution in [0.4, 0.5) is 0 Å². The summed E-state index contributed by atoms with van der Waals surface area (Å²) in [4.78, 5) is 13.9. The van der Waals surface area contributed by atoms with Crippen molar-refractivity contribution in [3.8, 4) is 0 Å². The van der Waals surface area contributed by atoms with E-state index in [0.29, 0.717) is 12.5 Å². The molecule has 0 aliphatic heterocycles. The van der Waals surface area contributed by atoms with Crippen molar-refractivity contribution in [2.75, 3.05) is 26.2 Å². The predicted octanol–water partition coefficient (Wildman–Crippen LogP) is 2.27. The summed E-state index contributed by atoms with van der Waals surface area (Å²) in [5.41, 5.74) is 0. The minimum absolute atomic E-state index is 0.187. The van der Waals surface area contributed by atoms with Crippen molar-refractivity contribution in [1.29, 1.82) is 0 Å². The van der Waals surface area contributed by atoms with Gasteiger partial charge in [-0.3, -0.25) is 9.69 Å². The summed E-state index contributed by atoms with van der Waals surface area (Å²) >= 11 is 0. The van der Waals surface area contributed by atoms with Crippen LogP contribution in [0.1, 0.15) is 46.5 Å². The van der Waals surface area contributed by atoms with E-state index in [-0.39, 0.29) is 5.91 Å². The summed E-state index contributed by atoms with van der Waals surface area (Å²) in [6, 6.07) is 0. The maximum Gasteiger partial charge on any atom is 0.234 e. The van der Waals surface area contributed by atoms with Crippen LogP contribution in [0.3, 0.4) is 0 Å². The van der Waals surface area contributed by atoms with Gasteiger partial charge in [-0.25, -0.2) is 0 Å². The number of nitrogens with zero attached hydrogens (tertiary/aromatic N) is 1. The molecule has 0 unspecified atom stereocenters. The van der Waals surface area contributed by atoms with E-state index in [1.54, 1.807) is 0 Å². The van der Waals surface area contributed by atoms with Gasteiger partial charge < -0.3 is 5.32 Å². The monoisotopic (exact) mass is 240 g/mol. The Morgan fingerprint density at radius 2 is 1.76 bits per heavy atom. The van der Waals surface area contributed by atoms with Gasteiger partial charge in [0.05, 0.1) is 6.54 Å². The van der Waals surface area contributed by atoms with Crippen LogP contribution in [0.5, 0.6) is 0 Å².